The molecule has 24 heavy (non-hydrogen) atoms. The summed E-state index contributed by atoms with van der Waals surface area (Å²) in [6.45, 7) is 1.88. The SMILES string of the molecule is Cc1nc2c(nc1NC(=O)c1ccccc1)CCc1ccccc1-2. The second-order valence-corrected chi connectivity index (χ2v) is 5.93. The van der Waals surface area contributed by atoms with Gasteiger partial charge in [-0.15, -0.1) is 0 Å². The van der Waals surface area contributed by atoms with Crippen LogP contribution in [0.25, 0.3) is 11.3 Å². The van der Waals surface area contributed by atoms with Gasteiger partial charge in [0, 0.05) is 11.1 Å². The predicted octanol–water partition coefficient (Wildman–Crippen LogP) is 3.80. The number of rotatable bonds is 2. The molecule has 1 N–H and O–H groups in total. The molecule has 1 heterocycles. The zero-order chi connectivity index (χ0) is 16.5. The monoisotopic (exact) mass is 315 g/mol. The van der Waals surface area contributed by atoms with Gasteiger partial charge in [0.25, 0.3) is 5.91 Å². The number of aryl methyl sites for hydroxylation is 3. The maximum Gasteiger partial charge on any atom is 0.256 e. The van der Waals surface area contributed by atoms with Gasteiger partial charge in [-0.05, 0) is 37.5 Å². The molecule has 118 valence electrons. The van der Waals surface area contributed by atoms with E-state index in [1.54, 1.807) is 12.1 Å². The van der Waals surface area contributed by atoms with Crippen molar-refractivity contribution >= 4 is 11.7 Å². The molecule has 1 amide bonds. The first-order valence-electron chi connectivity index (χ1n) is 8.04. The van der Waals surface area contributed by atoms with E-state index in [1.807, 2.05) is 31.2 Å². The molecule has 3 aromatic rings. The Balaban J connectivity index is 1.69. The minimum atomic E-state index is -0.163. The van der Waals surface area contributed by atoms with Crippen LogP contribution in [0.4, 0.5) is 5.82 Å². The van der Waals surface area contributed by atoms with Crippen LogP contribution in [0.1, 0.15) is 27.3 Å². The van der Waals surface area contributed by atoms with Crippen molar-refractivity contribution in [2.24, 2.45) is 0 Å². The maximum absolute atomic E-state index is 12.4. The number of amides is 1. The molecule has 0 fully saturated rings. The number of aromatic nitrogens is 2. The normalized spacial score (nSPS) is 12.2. The quantitative estimate of drug-likeness (QED) is 0.782. The fourth-order valence-electron chi connectivity index (χ4n) is 3.05. The van der Waals surface area contributed by atoms with Gasteiger partial charge in [0.1, 0.15) is 0 Å². The Morgan fingerprint density at radius 1 is 0.958 bits per heavy atom. The number of carbonyl (C=O) groups excluding carboxylic acids is 1. The molecular weight excluding hydrogens is 298 g/mol. The van der Waals surface area contributed by atoms with Crippen molar-refractivity contribution in [1.82, 2.24) is 9.97 Å². The lowest BCUT2D eigenvalue weighted by Crippen LogP contribution is -2.17. The Kier molecular flexibility index (Phi) is 3.58. The molecule has 1 aliphatic rings. The summed E-state index contributed by atoms with van der Waals surface area (Å²) in [5, 5.41) is 2.89. The van der Waals surface area contributed by atoms with E-state index < -0.39 is 0 Å². The third kappa shape index (κ3) is 2.56. The molecule has 2 aromatic carbocycles. The Bertz CT molecular complexity index is 919. The van der Waals surface area contributed by atoms with E-state index >= 15 is 0 Å². The van der Waals surface area contributed by atoms with Crippen molar-refractivity contribution in [1.29, 1.82) is 0 Å². The molecule has 0 unspecified atom stereocenters. The molecule has 0 saturated heterocycles. The first-order chi connectivity index (χ1) is 11.7. The summed E-state index contributed by atoms with van der Waals surface area (Å²) in [5.41, 5.74) is 5.68. The van der Waals surface area contributed by atoms with E-state index in [1.165, 1.54) is 5.56 Å². The van der Waals surface area contributed by atoms with Crippen LogP contribution < -0.4 is 5.32 Å². The van der Waals surface area contributed by atoms with Crippen LogP contribution in [0.2, 0.25) is 0 Å². The fraction of sp³-hybridized carbons (Fsp3) is 0.150. The molecule has 0 bridgehead atoms. The van der Waals surface area contributed by atoms with Gasteiger partial charge in [-0.25, -0.2) is 9.97 Å². The van der Waals surface area contributed by atoms with Gasteiger partial charge in [-0.1, -0.05) is 42.5 Å². The van der Waals surface area contributed by atoms with E-state index in [0.717, 1.165) is 35.5 Å². The fourth-order valence-corrected chi connectivity index (χ4v) is 3.05. The number of nitrogens with zero attached hydrogens (tertiary/aromatic N) is 2. The molecular formula is C20H17N3O. The van der Waals surface area contributed by atoms with Crippen molar-refractivity contribution in [2.45, 2.75) is 19.8 Å². The zero-order valence-electron chi connectivity index (χ0n) is 13.4. The van der Waals surface area contributed by atoms with Crippen molar-refractivity contribution in [3.05, 3.63) is 77.1 Å². The van der Waals surface area contributed by atoms with Crippen molar-refractivity contribution in [3.63, 3.8) is 0 Å². The summed E-state index contributed by atoms with van der Waals surface area (Å²) in [6, 6.07) is 17.4. The Hall–Kier alpha value is -3.01. The topological polar surface area (TPSA) is 54.9 Å². The first kappa shape index (κ1) is 14.6. The molecule has 0 atom stereocenters. The van der Waals surface area contributed by atoms with Gasteiger partial charge in [0.05, 0.1) is 17.1 Å². The Morgan fingerprint density at radius 2 is 1.71 bits per heavy atom. The third-order valence-electron chi connectivity index (χ3n) is 4.31. The maximum atomic E-state index is 12.4. The van der Waals surface area contributed by atoms with Crippen LogP contribution in [0.5, 0.6) is 0 Å². The summed E-state index contributed by atoms with van der Waals surface area (Å²) < 4.78 is 0. The highest BCUT2D eigenvalue weighted by molar-refractivity contribution is 6.04. The van der Waals surface area contributed by atoms with E-state index in [0.29, 0.717) is 11.4 Å². The molecule has 1 aliphatic carbocycles. The molecule has 4 nitrogen and oxygen atoms in total. The van der Waals surface area contributed by atoms with Gasteiger partial charge < -0.3 is 5.32 Å². The van der Waals surface area contributed by atoms with Crippen LogP contribution in [0.15, 0.2) is 54.6 Å². The number of carbonyl (C=O) groups is 1. The van der Waals surface area contributed by atoms with E-state index in [9.17, 15) is 4.79 Å². The molecule has 4 rings (SSSR count). The van der Waals surface area contributed by atoms with E-state index in [4.69, 9.17) is 4.98 Å². The highest BCUT2D eigenvalue weighted by atomic mass is 16.1. The Morgan fingerprint density at radius 3 is 2.54 bits per heavy atom. The van der Waals surface area contributed by atoms with Crippen molar-refractivity contribution in [3.8, 4) is 11.3 Å². The number of benzene rings is 2. The zero-order valence-corrected chi connectivity index (χ0v) is 13.4. The molecule has 4 heteroatoms. The number of anilines is 1. The third-order valence-corrected chi connectivity index (χ3v) is 4.31. The molecule has 0 radical (unpaired) electrons. The van der Waals surface area contributed by atoms with Gasteiger partial charge >= 0.3 is 0 Å². The number of nitrogens with one attached hydrogen (secondary N) is 1. The van der Waals surface area contributed by atoms with Crippen LogP contribution in [0.3, 0.4) is 0 Å². The van der Waals surface area contributed by atoms with Gasteiger partial charge in [0.15, 0.2) is 5.82 Å². The molecule has 0 spiro atoms. The van der Waals surface area contributed by atoms with E-state index in [-0.39, 0.29) is 5.91 Å². The molecule has 0 aliphatic heterocycles. The van der Waals surface area contributed by atoms with Gasteiger partial charge in [-0.3, -0.25) is 4.79 Å². The van der Waals surface area contributed by atoms with Crippen LogP contribution >= 0.6 is 0 Å². The van der Waals surface area contributed by atoms with Crippen LogP contribution in [-0.4, -0.2) is 15.9 Å². The van der Waals surface area contributed by atoms with Crippen LogP contribution in [0, 0.1) is 6.92 Å². The summed E-state index contributed by atoms with van der Waals surface area (Å²) in [4.78, 5) is 21.8. The lowest BCUT2D eigenvalue weighted by Gasteiger charge is -2.20. The minimum Gasteiger partial charge on any atom is -0.305 e. The first-order valence-corrected chi connectivity index (χ1v) is 8.04. The minimum absolute atomic E-state index is 0.163. The lowest BCUT2D eigenvalue weighted by atomic mass is 9.92. The summed E-state index contributed by atoms with van der Waals surface area (Å²) in [6.07, 6.45) is 1.79. The average molecular weight is 315 g/mol. The summed E-state index contributed by atoms with van der Waals surface area (Å²) in [7, 11) is 0. The van der Waals surface area contributed by atoms with Gasteiger partial charge in [0.2, 0.25) is 0 Å². The highest BCUT2D eigenvalue weighted by Gasteiger charge is 2.20. The molecule has 1 aromatic heterocycles. The number of fused-ring (bicyclic) bond motifs is 3. The van der Waals surface area contributed by atoms with Gasteiger partial charge in [-0.2, -0.15) is 0 Å². The average Bonchev–Trinajstić information content (AvgIpc) is 2.63. The van der Waals surface area contributed by atoms with Crippen LogP contribution in [-0.2, 0) is 12.8 Å². The smallest absolute Gasteiger partial charge is 0.256 e. The number of hydrogen-bond donors (Lipinski definition) is 1. The lowest BCUT2D eigenvalue weighted by molar-refractivity contribution is 0.102. The highest BCUT2D eigenvalue weighted by Crippen LogP contribution is 2.32. The second-order valence-electron chi connectivity index (χ2n) is 5.93. The largest absolute Gasteiger partial charge is 0.305 e. The second kappa shape index (κ2) is 5.89. The van der Waals surface area contributed by atoms with E-state index in [2.05, 4.69) is 28.5 Å². The van der Waals surface area contributed by atoms with Crippen molar-refractivity contribution < 1.29 is 4.79 Å². The summed E-state index contributed by atoms with van der Waals surface area (Å²) in [5.74, 6) is 0.381. The number of hydrogen-bond acceptors (Lipinski definition) is 3. The molecule has 0 saturated carbocycles. The van der Waals surface area contributed by atoms with Crippen molar-refractivity contribution in [2.75, 3.05) is 5.32 Å². The summed E-state index contributed by atoms with van der Waals surface area (Å²) >= 11 is 0. The predicted molar refractivity (Wildman–Crippen MR) is 94.0 cm³/mol. The standard InChI is InChI=1S/C20H17N3O/c1-13-19(23-20(24)15-8-3-2-4-9-15)22-17-12-11-14-7-5-6-10-16(14)18(17)21-13/h2-10H,11-12H2,1H3,(H,22,23,24). The Labute approximate surface area is 140 Å².